The fourth-order valence-electron chi connectivity index (χ4n) is 2.59. The summed E-state index contributed by atoms with van der Waals surface area (Å²) in [5.41, 5.74) is 1.01. The van der Waals surface area contributed by atoms with Gasteiger partial charge in [0.15, 0.2) is 0 Å². The minimum absolute atomic E-state index is 0.148. The Kier molecular flexibility index (Phi) is 4.36. The first-order valence-corrected chi connectivity index (χ1v) is 8.70. The number of amides is 1. The van der Waals surface area contributed by atoms with Crippen molar-refractivity contribution in [2.75, 3.05) is 36.5 Å². The minimum atomic E-state index is -0.970. The summed E-state index contributed by atoms with van der Waals surface area (Å²) >= 11 is 15.6. The van der Waals surface area contributed by atoms with Crippen molar-refractivity contribution in [3.05, 3.63) is 22.7 Å². The third-order valence-electron chi connectivity index (χ3n) is 4.32. The molecule has 0 aromatic heterocycles. The van der Waals surface area contributed by atoms with Crippen LogP contribution >= 0.6 is 39.1 Å². The molecule has 3 rings (SSSR count). The van der Waals surface area contributed by atoms with Crippen LogP contribution in [-0.2, 0) is 9.53 Å². The summed E-state index contributed by atoms with van der Waals surface area (Å²) in [6, 6.07) is 5.86. The van der Waals surface area contributed by atoms with Gasteiger partial charge in [-0.1, -0.05) is 15.9 Å². The zero-order valence-corrected chi connectivity index (χ0v) is 15.3. The molecule has 22 heavy (non-hydrogen) atoms. The largest absolute Gasteiger partial charge is 0.378 e. The van der Waals surface area contributed by atoms with E-state index in [4.69, 9.17) is 27.9 Å². The molecule has 1 heterocycles. The van der Waals surface area contributed by atoms with Crippen molar-refractivity contribution in [2.24, 2.45) is 5.41 Å². The van der Waals surface area contributed by atoms with Crippen molar-refractivity contribution >= 4 is 56.4 Å². The Hall–Kier alpha value is -0.490. The molecule has 1 saturated carbocycles. The van der Waals surface area contributed by atoms with Crippen LogP contribution in [-0.4, -0.2) is 36.5 Å². The number of halogens is 3. The van der Waals surface area contributed by atoms with E-state index in [9.17, 15) is 4.79 Å². The lowest BCUT2D eigenvalue weighted by molar-refractivity contribution is -0.120. The highest BCUT2D eigenvalue weighted by atomic mass is 79.9. The number of ether oxygens (including phenoxy) is 1. The molecule has 1 amide bonds. The van der Waals surface area contributed by atoms with Crippen LogP contribution in [0.1, 0.15) is 13.3 Å². The van der Waals surface area contributed by atoms with E-state index in [0.29, 0.717) is 19.6 Å². The van der Waals surface area contributed by atoms with Gasteiger partial charge in [-0.05, 0) is 31.5 Å². The normalized spacial score (nSPS) is 26.6. The lowest BCUT2D eigenvalue weighted by Crippen LogP contribution is -2.37. The number of nitrogens with zero attached hydrogens (tertiary/aromatic N) is 1. The van der Waals surface area contributed by atoms with Gasteiger partial charge >= 0.3 is 0 Å². The fraction of sp³-hybridized carbons (Fsp3) is 0.533. The second-order valence-corrected chi connectivity index (χ2v) is 8.33. The van der Waals surface area contributed by atoms with Crippen LogP contribution in [0, 0.1) is 5.41 Å². The molecule has 0 spiro atoms. The van der Waals surface area contributed by atoms with Gasteiger partial charge in [0, 0.05) is 17.6 Å². The summed E-state index contributed by atoms with van der Waals surface area (Å²) in [5, 5.41) is 2.99. The number of benzene rings is 1. The predicted octanol–water partition coefficient (Wildman–Crippen LogP) is 3.81. The lowest BCUT2D eigenvalue weighted by atomic mass is 10.1. The molecular formula is C15H17BrCl2N2O2. The third kappa shape index (κ3) is 2.96. The van der Waals surface area contributed by atoms with Crippen LogP contribution < -0.4 is 10.2 Å². The highest BCUT2D eigenvalue weighted by molar-refractivity contribution is 9.10. The molecule has 0 radical (unpaired) electrons. The van der Waals surface area contributed by atoms with Gasteiger partial charge in [-0.3, -0.25) is 4.79 Å². The van der Waals surface area contributed by atoms with Gasteiger partial charge in [0.2, 0.25) is 5.91 Å². The molecular weight excluding hydrogens is 391 g/mol. The summed E-state index contributed by atoms with van der Waals surface area (Å²) in [6.45, 7) is 4.77. The third-order valence-corrected chi connectivity index (χ3v) is 5.91. The van der Waals surface area contributed by atoms with Gasteiger partial charge in [-0.15, -0.1) is 23.2 Å². The first kappa shape index (κ1) is 16.4. The number of alkyl halides is 2. The Balaban J connectivity index is 1.83. The smallest absolute Gasteiger partial charge is 0.233 e. The number of nitrogens with one attached hydrogen (secondary N) is 1. The Morgan fingerprint density at radius 3 is 2.59 bits per heavy atom. The number of anilines is 2. The Morgan fingerprint density at radius 1 is 1.36 bits per heavy atom. The van der Waals surface area contributed by atoms with E-state index in [2.05, 4.69) is 26.1 Å². The van der Waals surface area contributed by atoms with E-state index >= 15 is 0 Å². The van der Waals surface area contributed by atoms with Crippen molar-refractivity contribution in [3.8, 4) is 0 Å². The summed E-state index contributed by atoms with van der Waals surface area (Å²) < 4.78 is 5.32. The summed E-state index contributed by atoms with van der Waals surface area (Å²) in [7, 11) is 0. The topological polar surface area (TPSA) is 41.6 Å². The highest BCUT2D eigenvalue weighted by Crippen LogP contribution is 2.64. The standard InChI is InChI=1S/C15H17BrCl2N2O2/c1-14(9-15(14,17)18)13(21)19-11-8-10(16)2-3-12(11)20-4-6-22-7-5-20/h2-3,8H,4-7,9H2,1H3,(H,19,21). The van der Waals surface area contributed by atoms with E-state index in [1.54, 1.807) is 6.92 Å². The van der Waals surface area contributed by atoms with Crippen molar-refractivity contribution in [3.63, 3.8) is 0 Å². The van der Waals surface area contributed by atoms with E-state index in [1.807, 2.05) is 18.2 Å². The van der Waals surface area contributed by atoms with Gasteiger partial charge in [0.1, 0.15) is 4.33 Å². The number of hydrogen-bond donors (Lipinski definition) is 1. The molecule has 7 heteroatoms. The summed E-state index contributed by atoms with van der Waals surface area (Å²) in [6.07, 6.45) is 0.468. The zero-order valence-electron chi connectivity index (χ0n) is 12.2. The van der Waals surface area contributed by atoms with E-state index in [1.165, 1.54) is 0 Å². The van der Waals surface area contributed by atoms with Crippen LogP contribution in [0.4, 0.5) is 11.4 Å². The second-order valence-electron chi connectivity index (χ2n) is 5.93. The van der Waals surface area contributed by atoms with Crippen LogP contribution in [0.25, 0.3) is 0 Å². The average Bonchev–Trinajstić information content (AvgIpc) is 3.00. The first-order chi connectivity index (χ1) is 10.3. The molecule has 1 aliphatic heterocycles. The fourth-order valence-corrected chi connectivity index (χ4v) is 3.66. The van der Waals surface area contributed by atoms with Gasteiger partial charge in [-0.2, -0.15) is 0 Å². The molecule has 0 bridgehead atoms. The van der Waals surface area contributed by atoms with Crippen molar-refractivity contribution in [1.29, 1.82) is 0 Å². The van der Waals surface area contributed by atoms with E-state index in [0.717, 1.165) is 28.9 Å². The predicted molar refractivity (Wildman–Crippen MR) is 93.0 cm³/mol. The number of carbonyl (C=O) groups excluding carboxylic acids is 1. The monoisotopic (exact) mass is 406 g/mol. The molecule has 1 atom stereocenters. The SMILES string of the molecule is CC1(C(=O)Nc2cc(Br)ccc2N2CCOCC2)CC1(Cl)Cl. The maximum atomic E-state index is 12.5. The van der Waals surface area contributed by atoms with E-state index in [-0.39, 0.29) is 5.91 Å². The maximum Gasteiger partial charge on any atom is 0.233 e. The molecule has 1 unspecified atom stereocenters. The molecule has 1 N–H and O–H groups in total. The summed E-state index contributed by atoms with van der Waals surface area (Å²) in [4.78, 5) is 14.7. The molecule has 1 aromatic carbocycles. The van der Waals surface area contributed by atoms with Crippen LogP contribution in [0.15, 0.2) is 22.7 Å². The second kappa shape index (κ2) is 5.86. The van der Waals surface area contributed by atoms with Crippen molar-refractivity contribution in [2.45, 2.75) is 17.7 Å². The maximum absolute atomic E-state index is 12.5. The van der Waals surface area contributed by atoms with Gasteiger partial charge < -0.3 is 15.0 Å². The summed E-state index contributed by atoms with van der Waals surface area (Å²) in [5.74, 6) is -0.148. The molecule has 120 valence electrons. The van der Waals surface area contributed by atoms with Crippen molar-refractivity contribution in [1.82, 2.24) is 0 Å². The number of morpholine rings is 1. The lowest BCUT2D eigenvalue weighted by Gasteiger charge is -2.31. The van der Waals surface area contributed by atoms with E-state index < -0.39 is 9.75 Å². The molecule has 2 aliphatic rings. The molecule has 1 aromatic rings. The molecule has 1 aliphatic carbocycles. The number of carbonyl (C=O) groups is 1. The van der Waals surface area contributed by atoms with Crippen LogP contribution in [0.3, 0.4) is 0 Å². The Labute approximate surface area is 148 Å². The molecule has 1 saturated heterocycles. The Morgan fingerprint density at radius 2 is 2.00 bits per heavy atom. The van der Waals surface area contributed by atoms with Crippen molar-refractivity contribution < 1.29 is 9.53 Å². The molecule has 2 fully saturated rings. The molecule has 4 nitrogen and oxygen atoms in total. The highest BCUT2D eigenvalue weighted by Gasteiger charge is 2.67. The van der Waals surface area contributed by atoms with Gasteiger partial charge in [-0.25, -0.2) is 0 Å². The van der Waals surface area contributed by atoms with Gasteiger partial charge in [0.25, 0.3) is 0 Å². The average molecular weight is 408 g/mol. The quantitative estimate of drug-likeness (QED) is 0.774. The number of hydrogen-bond acceptors (Lipinski definition) is 3. The number of rotatable bonds is 3. The van der Waals surface area contributed by atoms with Crippen LogP contribution in [0.5, 0.6) is 0 Å². The first-order valence-electron chi connectivity index (χ1n) is 7.15. The van der Waals surface area contributed by atoms with Gasteiger partial charge in [0.05, 0.1) is 30.0 Å². The van der Waals surface area contributed by atoms with Crippen LogP contribution in [0.2, 0.25) is 0 Å². The Bertz CT molecular complexity index is 605. The zero-order chi connectivity index (χ0) is 16.0. The minimum Gasteiger partial charge on any atom is -0.378 e.